The van der Waals surface area contributed by atoms with E-state index < -0.39 is 16.6 Å². The third kappa shape index (κ3) is 5.82. The van der Waals surface area contributed by atoms with Gasteiger partial charge >= 0.3 is 0 Å². The molecule has 0 aliphatic rings. The first-order valence-electron chi connectivity index (χ1n) is 5.91. The molecule has 0 rings (SSSR count). The zero-order valence-electron chi connectivity index (χ0n) is 11.0. The van der Waals surface area contributed by atoms with E-state index in [0.717, 1.165) is 25.4 Å². The van der Waals surface area contributed by atoms with E-state index in [9.17, 15) is 0 Å². The van der Waals surface area contributed by atoms with E-state index in [1.807, 2.05) is 0 Å². The van der Waals surface area contributed by atoms with Gasteiger partial charge in [-0.2, -0.15) is 0 Å². The van der Waals surface area contributed by atoms with Gasteiger partial charge in [-0.05, 0) is 51.6 Å². The van der Waals surface area contributed by atoms with Crippen LogP contribution in [0, 0.1) is 0 Å². The normalized spacial score (nSPS) is 15.4. The summed E-state index contributed by atoms with van der Waals surface area (Å²) in [5, 5.41) is 0. The van der Waals surface area contributed by atoms with Gasteiger partial charge < -0.3 is 15.6 Å². The lowest BCUT2D eigenvalue weighted by Crippen LogP contribution is -2.55. The largest absolute Gasteiger partial charge is 0.454 e. The average Bonchev–Trinajstić information content (AvgIpc) is 2.11. The molecule has 0 saturated carbocycles. The van der Waals surface area contributed by atoms with Crippen LogP contribution in [0.15, 0.2) is 0 Å². The molecule has 3 nitrogen and oxygen atoms in total. The molecule has 0 heterocycles. The van der Waals surface area contributed by atoms with Gasteiger partial charge in [0.1, 0.15) is 0 Å². The van der Waals surface area contributed by atoms with Crippen LogP contribution in [0.1, 0.15) is 19.8 Å². The summed E-state index contributed by atoms with van der Waals surface area (Å²) in [5.41, 5.74) is 11.9. The van der Waals surface area contributed by atoms with Crippen molar-refractivity contribution in [1.29, 1.82) is 0 Å². The van der Waals surface area contributed by atoms with E-state index in [0.29, 0.717) is 0 Å². The molecule has 0 aromatic heterocycles. The molecule has 92 valence electrons. The Labute approximate surface area is 96.8 Å². The van der Waals surface area contributed by atoms with E-state index in [1.54, 1.807) is 0 Å². The summed E-state index contributed by atoms with van der Waals surface area (Å²) in [6, 6.07) is 1.15. The van der Waals surface area contributed by atoms with Crippen molar-refractivity contribution in [2.45, 2.75) is 57.7 Å². The van der Waals surface area contributed by atoms with Gasteiger partial charge in [0, 0.05) is 5.67 Å². The van der Waals surface area contributed by atoms with Gasteiger partial charge in [-0.15, -0.1) is 0 Å². The molecule has 5 heteroatoms. The number of nitrogens with two attached hydrogens (primary N) is 2. The monoisotopic (exact) mass is 248 g/mol. The summed E-state index contributed by atoms with van der Waals surface area (Å²) >= 11 is 0. The van der Waals surface area contributed by atoms with Crippen LogP contribution >= 0.6 is 0 Å². The highest BCUT2D eigenvalue weighted by Crippen LogP contribution is 2.22. The molecule has 1 unspecified atom stereocenters. The number of hydrogen-bond donors (Lipinski definition) is 2. The highest BCUT2D eigenvalue weighted by Gasteiger charge is 2.36. The minimum absolute atomic E-state index is 0.252. The van der Waals surface area contributed by atoms with Crippen LogP contribution in [0.5, 0.6) is 0 Å². The molecule has 1 atom stereocenters. The van der Waals surface area contributed by atoms with Gasteiger partial charge in [-0.25, -0.2) is 0 Å². The Balaban J connectivity index is 4.29. The van der Waals surface area contributed by atoms with Gasteiger partial charge in [-0.3, -0.25) is 0 Å². The summed E-state index contributed by atoms with van der Waals surface area (Å²) in [6.07, 6.45) is 2.09. The third-order valence-electron chi connectivity index (χ3n) is 2.86. The predicted octanol–water partition coefficient (Wildman–Crippen LogP) is 2.04. The maximum Gasteiger partial charge on any atom is 0.190 e. The predicted molar refractivity (Wildman–Crippen MR) is 72.8 cm³/mol. The van der Waals surface area contributed by atoms with Crippen LogP contribution in [0.2, 0.25) is 32.2 Å². The van der Waals surface area contributed by atoms with Crippen LogP contribution in [-0.4, -0.2) is 28.8 Å². The molecule has 0 aromatic carbocycles. The molecule has 0 spiro atoms. The van der Waals surface area contributed by atoms with E-state index in [-0.39, 0.29) is 5.67 Å². The molecule has 0 aromatic rings. The standard InChI is InChI=1S/C10H28N2OSi2/c1-6-10(12)15(4,5)13-14(2,3)9-7-8-11/h10H,6-9,11-12H2,1-5H3. The molecule has 0 amide bonds. The first-order chi connectivity index (χ1) is 6.75. The van der Waals surface area contributed by atoms with Crippen LogP contribution < -0.4 is 11.5 Å². The molecule has 0 aliphatic heterocycles. The van der Waals surface area contributed by atoms with Crippen molar-refractivity contribution >= 4 is 16.6 Å². The topological polar surface area (TPSA) is 61.3 Å². The molecule has 0 saturated heterocycles. The molecule has 15 heavy (non-hydrogen) atoms. The average molecular weight is 249 g/mol. The maximum atomic E-state index is 6.38. The summed E-state index contributed by atoms with van der Waals surface area (Å²) in [4.78, 5) is 0. The summed E-state index contributed by atoms with van der Waals surface area (Å²) < 4.78 is 6.38. The smallest absolute Gasteiger partial charge is 0.190 e. The van der Waals surface area contributed by atoms with Gasteiger partial charge in [-0.1, -0.05) is 6.92 Å². The van der Waals surface area contributed by atoms with Gasteiger partial charge in [0.05, 0.1) is 0 Å². The van der Waals surface area contributed by atoms with Gasteiger partial charge in [0.25, 0.3) is 0 Å². The van der Waals surface area contributed by atoms with Crippen molar-refractivity contribution in [3.8, 4) is 0 Å². The van der Waals surface area contributed by atoms with Crippen LogP contribution in [0.4, 0.5) is 0 Å². The minimum Gasteiger partial charge on any atom is -0.454 e. The third-order valence-corrected chi connectivity index (χ3v) is 10.9. The zero-order valence-corrected chi connectivity index (χ0v) is 13.0. The fourth-order valence-electron chi connectivity index (χ4n) is 1.86. The van der Waals surface area contributed by atoms with Crippen molar-refractivity contribution in [2.24, 2.45) is 11.5 Å². The second-order valence-corrected chi connectivity index (χ2v) is 14.2. The van der Waals surface area contributed by atoms with Crippen molar-refractivity contribution in [2.75, 3.05) is 6.54 Å². The second kappa shape index (κ2) is 6.15. The molecule has 0 fully saturated rings. The Bertz CT molecular complexity index is 186. The molecule has 0 bridgehead atoms. The SMILES string of the molecule is CCC(N)[Si](C)(C)O[Si](C)(C)CCCN. The summed E-state index contributed by atoms with van der Waals surface area (Å²) in [6.45, 7) is 11.9. The van der Waals surface area contributed by atoms with Crippen LogP contribution in [-0.2, 0) is 4.12 Å². The number of rotatable bonds is 7. The Morgan fingerprint density at radius 2 is 1.73 bits per heavy atom. The fraction of sp³-hybridized carbons (Fsp3) is 1.00. The quantitative estimate of drug-likeness (QED) is 0.678. The first kappa shape index (κ1) is 15.3. The maximum absolute atomic E-state index is 6.38. The van der Waals surface area contributed by atoms with E-state index >= 15 is 0 Å². The Morgan fingerprint density at radius 3 is 2.13 bits per heavy atom. The zero-order chi connectivity index (χ0) is 12.1. The highest BCUT2D eigenvalue weighted by atomic mass is 28.4. The van der Waals surface area contributed by atoms with Crippen LogP contribution in [0.3, 0.4) is 0 Å². The minimum atomic E-state index is -1.69. The molecular weight excluding hydrogens is 220 g/mol. The second-order valence-electron chi connectivity index (χ2n) is 5.37. The van der Waals surface area contributed by atoms with Gasteiger partial charge in [0.2, 0.25) is 0 Å². The molecule has 0 radical (unpaired) electrons. The van der Waals surface area contributed by atoms with Crippen molar-refractivity contribution < 1.29 is 4.12 Å². The summed E-state index contributed by atoms with van der Waals surface area (Å²) in [7, 11) is -3.23. The Morgan fingerprint density at radius 1 is 1.20 bits per heavy atom. The summed E-state index contributed by atoms with van der Waals surface area (Å²) in [5.74, 6) is 0. The van der Waals surface area contributed by atoms with Crippen molar-refractivity contribution in [3.63, 3.8) is 0 Å². The first-order valence-corrected chi connectivity index (χ1v) is 12.0. The molecule has 0 aliphatic carbocycles. The lowest BCUT2D eigenvalue weighted by molar-refractivity contribution is 0.510. The fourth-order valence-corrected chi connectivity index (χ4v) is 10.6. The Hall–Kier alpha value is 0.314. The lowest BCUT2D eigenvalue weighted by Gasteiger charge is -2.37. The van der Waals surface area contributed by atoms with E-state index in [2.05, 4.69) is 33.1 Å². The van der Waals surface area contributed by atoms with E-state index in [1.165, 1.54) is 0 Å². The van der Waals surface area contributed by atoms with Crippen molar-refractivity contribution in [3.05, 3.63) is 0 Å². The van der Waals surface area contributed by atoms with E-state index in [4.69, 9.17) is 15.6 Å². The van der Waals surface area contributed by atoms with Crippen molar-refractivity contribution in [1.82, 2.24) is 0 Å². The molecule has 4 N–H and O–H groups in total. The highest BCUT2D eigenvalue weighted by molar-refractivity contribution is 6.85. The lowest BCUT2D eigenvalue weighted by atomic mass is 10.5. The van der Waals surface area contributed by atoms with Crippen LogP contribution in [0.25, 0.3) is 0 Å². The molecular formula is C10H28N2OSi2. The Kier molecular flexibility index (Phi) is 6.28. The number of hydrogen-bond acceptors (Lipinski definition) is 3. The van der Waals surface area contributed by atoms with Gasteiger partial charge in [0.15, 0.2) is 16.6 Å².